The maximum atomic E-state index is 13.6. The van der Waals surface area contributed by atoms with Crippen molar-refractivity contribution >= 4 is 20.9 Å². The molecule has 0 saturated carbocycles. The van der Waals surface area contributed by atoms with Crippen LogP contribution < -0.4 is 4.72 Å². The summed E-state index contributed by atoms with van der Waals surface area (Å²) in [5.41, 5.74) is -2.64. The third-order valence-corrected chi connectivity index (χ3v) is 9.21. The molecule has 3 fully saturated rings. The fourth-order valence-corrected chi connectivity index (χ4v) is 7.14. The summed E-state index contributed by atoms with van der Waals surface area (Å²) in [7, 11) is -4.92. The van der Waals surface area contributed by atoms with Crippen LogP contribution >= 0.6 is 0 Å². The van der Waals surface area contributed by atoms with Crippen LogP contribution in [0.1, 0.15) is 35.6 Å². The van der Waals surface area contributed by atoms with E-state index in [0.29, 0.717) is 36.0 Å². The van der Waals surface area contributed by atoms with Gasteiger partial charge in [0.1, 0.15) is 5.75 Å². The number of aromatic nitrogens is 1. The summed E-state index contributed by atoms with van der Waals surface area (Å²) in [5, 5.41) is 10.5. The highest BCUT2D eigenvalue weighted by molar-refractivity contribution is 7.89. The highest BCUT2D eigenvalue weighted by atomic mass is 32.2. The summed E-state index contributed by atoms with van der Waals surface area (Å²) in [4.78, 5) is 5.16. The van der Waals surface area contributed by atoms with Gasteiger partial charge < -0.3 is 5.11 Å². The van der Waals surface area contributed by atoms with Gasteiger partial charge in [-0.15, -0.1) is 6.58 Å². The number of fused-ring (bicyclic) bond motifs is 4. The predicted octanol–water partition coefficient (Wildman–Crippen LogP) is 5.89. The Bertz CT molecular complexity index is 1530. The molecule has 0 amide bonds. The second kappa shape index (κ2) is 10.0. The Kier molecular flexibility index (Phi) is 7.12. The van der Waals surface area contributed by atoms with Gasteiger partial charge in [-0.05, 0) is 79.3 Å². The van der Waals surface area contributed by atoms with Gasteiger partial charge in [0.25, 0.3) is 0 Å². The van der Waals surface area contributed by atoms with Gasteiger partial charge in [-0.25, -0.2) is 13.1 Å². The van der Waals surface area contributed by atoms with Crippen molar-refractivity contribution in [2.24, 2.45) is 11.8 Å². The summed E-state index contributed by atoms with van der Waals surface area (Å²) >= 11 is 0. The van der Waals surface area contributed by atoms with E-state index >= 15 is 0 Å². The van der Waals surface area contributed by atoms with Crippen molar-refractivity contribution < 1.29 is 39.9 Å². The normalized spacial score (nSPS) is 24.2. The lowest BCUT2D eigenvalue weighted by atomic mass is 9.73. The van der Waals surface area contributed by atoms with E-state index in [2.05, 4.69) is 21.2 Å². The quantitative estimate of drug-likeness (QED) is 0.278. The van der Waals surface area contributed by atoms with E-state index in [1.807, 2.05) is 6.08 Å². The van der Waals surface area contributed by atoms with Gasteiger partial charge in [0.05, 0.1) is 27.6 Å². The van der Waals surface area contributed by atoms with Crippen molar-refractivity contribution in [3.8, 4) is 5.75 Å². The first-order valence-corrected chi connectivity index (χ1v) is 13.9. The Morgan fingerprint density at radius 3 is 2.30 bits per heavy atom. The van der Waals surface area contributed by atoms with Gasteiger partial charge >= 0.3 is 12.4 Å². The molecule has 3 unspecified atom stereocenters. The Morgan fingerprint density at radius 2 is 1.73 bits per heavy atom. The zero-order valence-electron chi connectivity index (χ0n) is 20.9. The Hall–Kier alpha value is -3.16. The zero-order valence-corrected chi connectivity index (χ0v) is 21.7. The monoisotopic (exact) mass is 585 g/mol. The number of sulfonamides is 1. The number of hydrogen-bond donors (Lipinski definition) is 2. The van der Waals surface area contributed by atoms with Crippen LogP contribution in [0.3, 0.4) is 0 Å². The zero-order chi connectivity index (χ0) is 29.0. The summed E-state index contributed by atoms with van der Waals surface area (Å²) in [6, 6.07) is 4.61. The molecule has 6 nitrogen and oxygen atoms in total. The van der Waals surface area contributed by atoms with Crippen molar-refractivity contribution in [1.29, 1.82) is 0 Å². The first-order valence-electron chi connectivity index (χ1n) is 12.4. The predicted molar refractivity (Wildman–Crippen MR) is 135 cm³/mol. The Labute approximate surface area is 226 Å². The molecule has 2 bridgehead atoms. The maximum absolute atomic E-state index is 13.6. The van der Waals surface area contributed by atoms with Crippen LogP contribution in [0, 0.1) is 11.8 Å². The van der Waals surface area contributed by atoms with Crippen LogP contribution in [0.4, 0.5) is 26.3 Å². The van der Waals surface area contributed by atoms with E-state index in [1.54, 1.807) is 0 Å². The molecule has 4 heterocycles. The second-order valence-corrected chi connectivity index (χ2v) is 11.9. The van der Waals surface area contributed by atoms with Crippen LogP contribution in [0.5, 0.6) is 5.75 Å². The van der Waals surface area contributed by atoms with Crippen LogP contribution in [-0.2, 0) is 22.4 Å². The fourth-order valence-electron chi connectivity index (χ4n) is 5.82. The molecule has 13 heteroatoms. The Balaban J connectivity index is 1.64. The summed E-state index contributed by atoms with van der Waals surface area (Å²) in [6.07, 6.45) is -5.79. The van der Waals surface area contributed by atoms with E-state index in [1.165, 1.54) is 30.5 Å². The molecule has 2 N–H and O–H groups in total. The highest BCUT2D eigenvalue weighted by Crippen LogP contribution is 2.43. The average molecular weight is 586 g/mol. The van der Waals surface area contributed by atoms with E-state index in [9.17, 15) is 39.9 Å². The van der Waals surface area contributed by atoms with E-state index in [-0.39, 0.29) is 35.8 Å². The number of nitrogens with zero attached hydrogens (tertiary/aromatic N) is 2. The number of pyridine rings is 1. The van der Waals surface area contributed by atoms with Crippen LogP contribution in [-0.4, -0.2) is 42.5 Å². The van der Waals surface area contributed by atoms with Crippen LogP contribution in [0.15, 0.2) is 66.2 Å². The molecule has 3 saturated heterocycles. The number of piperidine rings is 3. The topological polar surface area (TPSA) is 82.5 Å². The third kappa shape index (κ3) is 5.41. The standard InChI is InChI=1S/C27H25F6N3O3S/c1-2-15-14-36-8-6-16(15)9-24(36)25(21-5-7-34-23-4-3-19(37)13-22(21)23)35-40(38,39)20-11-17(26(28,29)30)10-18(12-20)27(31,32)33/h2-5,7,10-13,15-16,24-25,35,37H,1,6,8-9,14H2/t15-,16-,24?,25?/m0/s1. The number of phenols is 1. The fraction of sp³-hybridized carbons (Fsp3) is 0.370. The minimum absolute atomic E-state index is 0.114. The summed E-state index contributed by atoms with van der Waals surface area (Å²) in [6.45, 7) is 5.09. The van der Waals surface area contributed by atoms with Crippen LogP contribution in [0.2, 0.25) is 0 Å². The lowest BCUT2D eigenvalue weighted by Gasteiger charge is -2.51. The molecule has 1 aromatic heterocycles. The summed E-state index contributed by atoms with van der Waals surface area (Å²) < 4.78 is 111. The van der Waals surface area contributed by atoms with Crippen LogP contribution in [0.25, 0.3) is 10.9 Å². The number of phenolic OH excluding ortho intramolecular Hbond substituents is 1. The third-order valence-electron chi connectivity index (χ3n) is 7.79. The van der Waals surface area contributed by atoms with Gasteiger partial charge in [-0.2, -0.15) is 26.3 Å². The minimum Gasteiger partial charge on any atom is -0.508 e. The number of benzene rings is 2. The number of rotatable bonds is 6. The van der Waals surface area contributed by atoms with Crippen molar-refractivity contribution in [1.82, 2.24) is 14.6 Å². The lowest BCUT2D eigenvalue weighted by molar-refractivity contribution is -0.143. The van der Waals surface area contributed by atoms with Crippen molar-refractivity contribution in [2.75, 3.05) is 13.1 Å². The van der Waals surface area contributed by atoms with Gasteiger partial charge in [0.2, 0.25) is 10.0 Å². The van der Waals surface area contributed by atoms with E-state index < -0.39 is 50.5 Å². The second-order valence-electron chi connectivity index (χ2n) is 10.2. The first-order chi connectivity index (χ1) is 18.7. The Morgan fingerprint density at radius 1 is 1.05 bits per heavy atom. The number of halogens is 6. The number of hydrogen-bond acceptors (Lipinski definition) is 5. The molecule has 2 aromatic carbocycles. The van der Waals surface area contributed by atoms with Gasteiger partial charge in [0.15, 0.2) is 0 Å². The number of aromatic hydroxyl groups is 1. The molecular formula is C27H25F6N3O3S. The molecule has 5 atom stereocenters. The molecule has 0 radical (unpaired) electrons. The largest absolute Gasteiger partial charge is 0.508 e. The molecule has 214 valence electrons. The van der Waals surface area contributed by atoms with E-state index in [0.717, 1.165) is 6.42 Å². The molecule has 0 spiro atoms. The van der Waals surface area contributed by atoms with E-state index in [4.69, 9.17) is 0 Å². The molecule has 40 heavy (non-hydrogen) atoms. The number of nitrogens with one attached hydrogen (secondary N) is 1. The van der Waals surface area contributed by atoms with Crippen molar-refractivity contribution in [3.63, 3.8) is 0 Å². The molecule has 3 aliphatic heterocycles. The van der Waals surface area contributed by atoms with Gasteiger partial charge in [-0.1, -0.05) is 6.08 Å². The van der Waals surface area contributed by atoms with Gasteiger partial charge in [-0.3, -0.25) is 9.88 Å². The molecule has 3 aliphatic rings. The molecule has 6 rings (SSSR count). The summed E-state index contributed by atoms with van der Waals surface area (Å²) in [5.74, 6) is 0.220. The molecule has 0 aliphatic carbocycles. The maximum Gasteiger partial charge on any atom is 0.416 e. The van der Waals surface area contributed by atoms with Crippen molar-refractivity contribution in [3.05, 3.63) is 78.0 Å². The van der Waals surface area contributed by atoms with Gasteiger partial charge in [0, 0.05) is 24.2 Å². The number of alkyl halides is 6. The van der Waals surface area contributed by atoms with Crippen molar-refractivity contribution in [2.45, 2.75) is 42.2 Å². The minimum atomic E-state index is -5.21. The SMILES string of the molecule is C=C[C@H]1CN2CC[C@H]1CC2C(NS(=O)(=O)c1cc(C(F)(F)F)cc(C(F)(F)F)c1)c1ccnc2ccc(O)cc12. The first kappa shape index (κ1) is 28.4. The molecular weight excluding hydrogens is 560 g/mol. The molecule has 3 aromatic rings. The smallest absolute Gasteiger partial charge is 0.416 e. The highest BCUT2D eigenvalue weighted by Gasteiger charge is 2.45. The average Bonchev–Trinajstić information content (AvgIpc) is 2.90. The lowest BCUT2D eigenvalue weighted by Crippen LogP contribution is -2.57.